The summed E-state index contributed by atoms with van der Waals surface area (Å²) in [5.74, 6) is 0. The summed E-state index contributed by atoms with van der Waals surface area (Å²) in [6.45, 7) is 6.42. The van der Waals surface area contributed by atoms with Crippen LogP contribution in [0, 0.1) is 10.1 Å². The van der Waals surface area contributed by atoms with Crippen molar-refractivity contribution in [3.8, 4) is 0 Å². The van der Waals surface area contributed by atoms with Crippen LogP contribution in [0.25, 0.3) is 10.8 Å². The van der Waals surface area contributed by atoms with Crippen molar-refractivity contribution in [1.82, 2.24) is 4.98 Å². The van der Waals surface area contributed by atoms with Gasteiger partial charge in [0.25, 0.3) is 5.69 Å². The van der Waals surface area contributed by atoms with Crippen molar-refractivity contribution >= 4 is 22.1 Å². The molecule has 106 valence electrons. The van der Waals surface area contributed by atoms with E-state index in [1.807, 2.05) is 6.07 Å². The molecule has 0 aliphatic carbocycles. The van der Waals surface area contributed by atoms with Crippen molar-refractivity contribution in [2.24, 2.45) is 0 Å². The molecule has 1 N–H and O–H groups in total. The van der Waals surface area contributed by atoms with Crippen LogP contribution < -0.4 is 5.32 Å². The Morgan fingerprint density at radius 1 is 1.25 bits per heavy atom. The van der Waals surface area contributed by atoms with Crippen molar-refractivity contribution in [2.75, 3.05) is 5.32 Å². The van der Waals surface area contributed by atoms with Crippen LogP contribution in [-0.2, 0) is 0 Å². The number of nitrogens with one attached hydrogen (secondary N) is 1. The van der Waals surface area contributed by atoms with Crippen molar-refractivity contribution in [3.63, 3.8) is 0 Å². The highest BCUT2D eigenvalue weighted by Crippen LogP contribution is 2.33. The van der Waals surface area contributed by atoms with E-state index in [1.165, 1.54) is 6.07 Å². The molecule has 0 fully saturated rings. The van der Waals surface area contributed by atoms with Gasteiger partial charge in [0.2, 0.25) is 0 Å². The lowest BCUT2D eigenvalue weighted by Crippen LogP contribution is -2.33. The van der Waals surface area contributed by atoms with Gasteiger partial charge in [-0.05, 0) is 31.9 Å². The Bertz CT molecular complexity index is 636. The van der Waals surface area contributed by atoms with Gasteiger partial charge in [0, 0.05) is 35.1 Å². The normalized spacial score (nSPS) is 11.6. The van der Waals surface area contributed by atoms with E-state index in [9.17, 15) is 10.1 Å². The van der Waals surface area contributed by atoms with Gasteiger partial charge in [-0.3, -0.25) is 15.1 Å². The Morgan fingerprint density at radius 3 is 2.55 bits per heavy atom. The minimum absolute atomic E-state index is 0.0215. The predicted octanol–water partition coefficient (Wildman–Crippen LogP) is 4.13. The number of hydrogen-bond acceptors (Lipinski definition) is 4. The van der Waals surface area contributed by atoms with E-state index < -0.39 is 0 Å². The molecule has 0 radical (unpaired) electrons. The third-order valence-corrected chi connectivity index (χ3v) is 3.99. The molecule has 20 heavy (non-hydrogen) atoms. The molecule has 0 unspecified atom stereocenters. The average Bonchev–Trinajstić information content (AvgIpc) is 2.47. The van der Waals surface area contributed by atoms with Crippen LogP contribution in [0.2, 0.25) is 0 Å². The average molecular weight is 273 g/mol. The second-order valence-electron chi connectivity index (χ2n) is 5.20. The Hall–Kier alpha value is -2.17. The van der Waals surface area contributed by atoms with E-state index in [-0.39, 0.29) is 16.1 Å². The highest BCUT2D eigenvalue weighted by molar-refractivity contribution is 5.99. The van der Waals surface area contributed by atoms with Gasteiger partial charge in [-0.1, -0.05) is 13.8 Å². The number of rotatable bonds is 5. The zero-order valence-corrected chi connectivity index (χ0v) is 12.0. The maximum atomic E-state index is 11.1. The summed E-state index contributed by atoms with van der Waals surface area (Å²) in [6, 6.07) is 5.14. The summed E-state index contributed by atoms with van der Waals surface area (Å²) in [6.07, 6.45) is 5.17. The highest BCUT2D eigenvalue weighted by Gasteiger charge is 2.21. The fourth-order valence-corrected chi connectivity index (χ4v) is 2.20. The van der Waals surface area contributed by atoms with E-state index in [1.54, 1.807) is 18.5 Å². The predicted molar refractivity (Wildman–Crippen MR) is 81.0 cm³/mol. The smallest absolute Gasteiger partial charge is 0.278 e. The molecule has 0 atom stereocenters. The van der Waals surface area contributed by atoms with E-state index in [4.69, 9.17) is 0 Å². The van der Waals surface area contributed by atoms with Crippen molar-refractivity contribution in [2.45, 2.75) is 39.2 Å². The van der Waals surface area contributed by atoms with Crippen molar-refractivity contribution in [1.29, 1.82) is 0 Å². The lowest BCUT2D eigenvalue weighted by atomic mass is 9.94. The van der Waals surface area contributed by atoms with E-state index in [0.717, 1.165) is 23.9 Å². The first kappa shape index (κ1) is 14.2. The van der Waals surface area contributed by atoms with Gasteiger partial charge in [-0.2, -0.15) is 0 Å². The molecule has 1 aromatic heterocycles. The fourth-order valence-electron chi connectivity index (χ4n) is 2.20. The highest BCUT2D eigenvalue weighted by atomic mass is 16.6. The molecule has 1 aromatic carbocycles. The van der Waals surface area contributed by atoms with Gasteiger partial charge in [0.1, 0.15) is 0 Å². The van der Waals surface area contributed by atoms with E-state index in [2.05, 4.69) is 31.1 Å². The van der Waals surface area contributed by atoms with Gasteiger partial charge in [-0.25, -0.2) is 0 Å². The van der Waals surface area contributed by atoms with Crippen LogP contribution >= 0.6 is 0 Å². The molecule has 2 rings (SSSR count). The fraction of sp³-hybridized carbons (Fsp3) is 0.400. The molecular formula is C15H19N3O2. The number of hydrogen-bond donors (Lipinski definition) is 1. The number of nitro groups is 1. The number of nitro benzene ring substituents is 1. The summed E-state index contributed by atoms with van der Waals surface area (Å²) >= 11 is 0. The molecule has 0 saturated carbocycles. The molecule has 2 aromatic rings. The van der Waals surface area contributed by atoms with E-state index in [0.29, 0.717) is 5.39 Å². The molecule has 0 amide bonds. The minimum atomic E-state index is -0.368. The number of nitrogens with zero attached hydrogens (tertiary/aromatic N) is 2. The third kappa shape index (κ3) is 2.57. The Balaban J connectivity index is 2.56. The van der Waals surface area contributed by atoms with Crippen LogP contribution in [0.15, 0.2) is 30.6 Å². The maximum absolute atomic E-state index is 11.1. The first-order chi connectivity index (χ1) is 9.50. The second kappa shape index (κ2) is 5.45. The molecular weight excluding hydrogens is 254 g/mol. The third-order valence-electron chi connectivity index (χ3n) is 3.99. The number of anilines is 1. The quantitative estimate of drug-likeness (QED) is 0.656. The van der Waals surface area contributed by atoms with Crippen LogP contribution in [0.1, 0.15) is 33.6 Å². The topological polar surface area (TPSA) is 68.1 Å². The van der Waals surface area contributed by atoms with Gasteiger partial charge in [0.15, 0.2) is 0 Å². The number of fused-ring (bicyclic) bond motifs is 1. The molecule has 1 heterocycles. The van der Waals surface area contributed by atoms with Crippen LogP contribution in [0.3, 0.4) is 0 Å². The van der Waals surface area contributed by atoms with Gasteiger partial charge >= 0.3 is 0 Å². The Morgan fingerprint density at radius 2 is 1.95 bits per heavy atom. The Labute approximate surface area is 118 Å². The monoisotopic (exact) mass is 273 g/mol. The maximum Gasteiger partial charge on any atom is 0.278 e. The zero-order valence-electron chi connectivity index (χ0n) is 12.0. The standard InChI is InChI=1S/C15H19N3O2/c1-4-15(3,5-2)17-13-6-7-14(18(19)20)12-10-16-9-8-11(12)13/h6-10,17H,4-5H2,1-3H3. The van der Waals surface area contributed by atoms with Crippen LogP contribution in [0.5, 0.6) is 0 Å². The molecule has 5 nitrogen and oxygen atoms in total. The summed E-state index contributed by atoms with van der Waals surface area (Å²) < 4.78 is 0. The summed E-state index contributed by atoms with van der Waals surface area (Å²) in [4.78, 5) is 14.7. The lowest BCUT2D eigenvalue weighted by Gasteiger charge is -2.30. The van der Waals surface area contributed by atoms with Gasteiger partial charge < -0.3 is 5.32 Å². The molecule has 0 spiro atoms. The number of benzene rings is 1. The first-order valence-electron chi connectivity index (χ1n) is 6.80. The van der Waals surface area contributed by atoms with Gasteiger partial charge in [0.05, 0.1) is 10.3 Å². The van der Waals surface area contributed by atoms with E-state index >= 15 is 0 Å². The number of non-ortho nitro benzene ring substituents is 1. The SMILES string of the molecule is CCC(C)(CC)Nc1ccc([N+](=O)[O-])c2cnccc12. The molecule has 0 saturated heterocycles. The molecule has 0 bridgehead atoms. The molecule has 0 aliphatic heterocycles. The second-order valence-corrected chi connectivity index (χ2v) is 5.20. The molecule has 5 heteroatoms. The van der Waals surface area contributed by atoms with Crippen molar-refractivity contribution in [3.05, 3.63) is 40.7 Å². The lowest BCUT2D eigenvalue weighted by molar-refractivity contribution is -0.383. The van der Waals surface area contributed by atoms with Crippen molar-refractivity contribution < 1.29 is 4.92 Å². The number of pyridine rings is 1. The minimum Gasteiger partial charge on any atom is -0.379 e. The largest absolute Gasteiger partial charge is 0.379 e. The van der Waals surface area contributed by atoms with Crippen LogP contribution in [0.4, 0.5) is 11.4 Å². The first-order valence-corrected chi connectivity index (χ1v) is 6.80. The number of aromatic nitrogens is 1. The Kier molecular flexibility index (Phi) is 3.88. The zero-order chi connectivity index (χ0) is 14.8. The summed E-state index contributed by atoms with van der Waals surface area (Å²) in [7, 11) is 0. The van der Waals surface area contributed by atoms with Gasteiger partial charge in [-0.15, -0.1) is 0 Å². The summed E-state index contributed by atoms with van der Waals surface area (Å²) in [5.41, 5.74) is 0.985. The van der Waals surface area contributed by atoms with Crippen LogP contribution in [-0.4, -0.2) is 15.4 Å². The summed E-state index contributed by atoms with van der Waals surface area (Å²) in [5, 5.41) is 16.0. The molecule has 0 aliphatic rings.